The molecule has 4 rings (SSSR count). The maximum absolute atomic E-state index is 13.2. The summed E-state index contributed by atoms with van der Waals surface area (Å²) in [4.78, 5) is 18.0. The molecule has 2 heterocycles. The Morgan fingerprint density at radius 2 is 1.58 bits per heavy atom. The first-order valence-electron chi connectivity index (χ1n) is 11.0. The number of sulfone groups is 1. The van der Waals surface area contributed by atoms with Gasteiger partial charge in [0.2, 0.25) is 5.91 Å². The summed E-state index contributed by atoms with van der Waals surface area (Å²) >= 11 is 0. The second-order valence-corrected chi connectivity index (χ2v) is 10.9. The van der Waals surface area contributed by atoms with E-state index < -0.39 is 9.84 Å². The molecule has 0 aliphatic carbocycles. The van der Waals surface area contributed by atoms with E-state index in [1.165, 1.54) is 11.8 Å². The topological polar surface area (TPSA) is 57.7 Å². The first-order chi connectivity index (χ1) is 14.9. The number of carbonyl (C=O) groups excluding carboxylic acids is 1. The number of hydrogen-bond acceptors (Lipinski definition) is 4. The Hall–Kier alpha value is -2.18. The number of piperidine rings is 1. The molecular formula is C25H31N2O3S. The molecule has 2 aliphatic rings. The zero-order valence-electron chi connectivity index (χ0n) is 18.2. The van der Waals surface area contributed by atoms with Crippen molar-refractivity contribution in [3.05, 3.63) is 72.1 Å². The number of hydrogen-bond donors (Lipinski definition) is 0. The van der Waals surface area contributed by atoms with Gasteiger partial charge in [0.1, 0.15) is 0 Å². The molecule has 0 unspecified atom stereocenters. The van der Waals surface area contributed by atoms with Gasteiger partial charge in [-0.2, -0.15) is 0 Å². The highest BCUT2D eigenvalue weighted by Crippen LogP contribution is 2.42. The van der Waals surface area contributed by atoms with Crippen molar-refractivity contribution in [3.63, 3.8) is 0 Å². The van der Waals surface area contributed by atoms with Crippen molar-refractivity contribution >= 4 is 15.7 Å². The zero-order chi connectivity index (χ0) is 21.9. The third kappa shape index (κ3) is 5.18. The van der Waals surface area contributed by atoms with Gasteiger partial charge < -0.3 is 9.80 Å². The maximum Gasteiger partial charge on any atom is 0.229 e. The molecule has 0 aromatic heterocycles. The highest BCUT2D eigenvalue weighted by Gasteiger charge is 2.47. The van der Waals surface area contributed by atoms with Crippen molar-refractivity contribution in [2.45, 2.75) is 37.1 Å². The number of benzene rings is 2. The van der Waals surface area contributed by atoms with E-state index in [2.05, 4.69) is 35.6 Å². The van der Waals surface area contributed by atoms with E-state index in [1.807, 2.05) is 23.1 Å². The lowest BCUT2D eigenvalue weighted by atomic mass is 9.77. The average molecular weight is 440 g/mol. The summed E-state index contributed by atoms with van der Waals surface area (Å²) in [6.45, 7) is 4.33. The number of likely N-dealkylation sites (tertiary alicyclic amines) is 2. The van der Waals surface area contributed by atoms with Crippen LogP contribution in [0, 0.1) is 11.8 Å². The Morgan fingerprint density at radius 1 is 0.935 bits per heavy atom. The van der Waals surface area contributed by atoms with E-state index in [0.717, 1.165) is 57.4 Å². The Bertz CT molecular complexity index is 995. The predicted octanol–water partition coefficient (Wildman–Crippen LogP) is 3.55. The van der Waals surface area contributed by atoms with E-state index >= 15 is 0 Å². The van der Waals surface area contributed by atoms with Gasteiger partial charge in [0.15, 0.2) is 9.84 Å². The third-order valence-electron chi connectivity index (χ3n) is 6.76. The predicted molar refractivity (Wildman–Crippen MR) is 122 cm³/mol. The summed E-state index contributed by atoms with van der Waals surface area (Å²) in [6.07, 6.45) is 7.31. The molecule has 2 aromatic carbocycles. The molecule has 0 bridgehead atoms. The summed E-state index contributed by atoms with van der Waals surface area (Å²) in [5.41, 5.74) is 2.04. The van der Waals surface area contributed by atoms with Crippen molar-refractivity contribution < 1.29 is 13.2 Å². The molecule has 165 valence electrons. The molecule has 1 radical (unpaired) electrons. The first kappa shape index (κ1) is 22.0. The minimum atomic E-state index is -3.20. The molecule has 0 saturated carbocycles. The molecule has 2 aliphatic heterocycles. The van der Waals surface area contributed by atoms with E-state index in [9.17, 15) is 13.2 Å². The van der Waals surface area contributed by atoms with Crippen LogP contribution >= 0.6 is 0 Å². The van der Waals surface area contributed by atoms with Gasteiger partial charge in [0.05, 0.1) is 10.3 Å². The van der Waals surface area contributed by atoms with Crippen molar-refractivity contribution in [2.24, 2.45) is 5.41 Å². The molecule has 2 saturated heterocycles. The SMILES string of the molecule is CS(=O)(=O)c1ccc(CN2CCC3(CCN(CC[CH]c4ccccc4)CC3)C2=O)cc1. The van der Waals surface area contributed by atoms with Gasteiger partial charge in [-0.15, -0.1) is 0 Å². The van der Waals surface area contributed by atoms with Gasteiger partial charge in [-0.05, 0) is 75.0 Å². The Labute approximate surface area is 186 Å². The third-order valence-corrected chi connectivity index (χ3v) is 7.89. The van der Waals surface area contributed by atoms with Crippen molar-refractivity contribution in [3.8, 4) is 0 Å². The smallest absolute Gasteiger partial charge is 0.229 e. The van der Waals surface area contributed by atoms with Gasteiger partial charge in [-0.3, -0.25) is 4.79 Å². The van der Waals surface area contributed by atoms with Crippen LogP contribution in [0.1, 0.15) is 36.8 Å². The fourth-order valence-corrected chi connectivity index (χ4v) is 5.41. The van der Waals surface area contributed by atoms with Gasteiger partial charge in [0.25, 0.3) is 0 Å². The average Bonchev–Trinajstić information content (AvgIpc) is 3.05. The Kier molecular flexibility index (Phi) is 6.49. The number of rotatable bonds is 7. The van der Waals surface area contributed by atoms with E-state index in [1.54, 1.807) is 12.1 Å². The zero-order valence-corrected chi connectivity index (χ0v) is 19.0. The van der Waals surface area contributed by atoms with Crippen LogP contribution in [0.4, 0.5) is 0 Å². The summed E-state index contributed by atoms with van der Waals surface area (Å²) in [5.74, 6) is 0.273. The molecular weight excluding hydrogens is 408 g/mol. The molecule has 1 amide bonds. The minimum Gasteiger partial charge on any atom is -0.338 e. The Morgan fingerprint density at radius 3 is 2.23 bits per heavy atom. The normalized spacial score (nSPS) is 19.3. The quantitative estimate of drug-likeness (QED) is 0.662. The second-order valence-electron chi connectivity index (χ2n) is 8.92. The van der Waals surface area contributed by atoms with Crippen LogP contribution in [0.15, 0.2) is 59.5 Å². The van der Waals surface area contributed by atoms with Crippen LogP contribution in [-0.2, 0) is 21.2 Å². The fraction of sp³-hybridized carbons (Fsp3) is 0.440. The van der Waals surface area contributed by atoms with Crippen LogP contribution in [0.5, 0.6) is 0 Å². The fourth-order valence-electron chi connectivity index (χ4n) is 4.78. The monoisotopic (exact) mass is 439 g/mol. The van der Waals surface area contributed by atoms with Gasteiger partial charge in [-0.25, -0.2) is 8.42 Å². The number of carbonyl (C=O) groups is 1. The van der Waals surface area contributed by atoms with Crippen molar-refractivity contribution in [1.82, 2.24) is 9.80 Å². The highest BCUT2D eigenvalue weighted by atomic mass is 32.2. The van der Waals surface area contributed by atoms with Crippen LogP contribution in [0.2, 0.25) is 0 Å². The molecule has 1 spiro atoms. The van der Waals surface area contributed by atoms with Crippen LogP contribution < -0.4 is 0 Å². The second kappa shape index (κ2) is 9.13. The standard InChI is InChI=1S/C25H31N2O3S/c1-31(29,30)23-11-9-22(10-12-23)20-27-19-15-25(24(27)28)13-17-26(18-14-25)16-5-8-21-6-3-2-4-7-21/h2-4,6-12H,5,13-20H2,1H3. The van der Waals surface area contributed by atoms with E-state index in [4.69, 9.17) is 0 Å². The van der Waals surface area contributed by atoms with Crippen LogP contribution in [0.3, 0.4) is 0 Å². The van der Waals surface area contributed by atoms with Gasteiger partial charge >= 0.3 is 0 Å². The lowest BCUT2D eigenvalue weighted by Crippen LogP contribution is -2.44. The largest absolute Gasteiger partial charge is 0.338 e. The van der Waals surface area contributed by atoms with Gasteiger partial charge in [0, 0.05) is 19.3 Å². The summed E-state index contributed by atoms with van der Waals surface area (Å²) < 4.78 is 23.3. The summed E-state index contributed by atoms with van der Waals surface area (Å²) in [5, 5.41) is 0. The molecule has 2 aromatic rings. The molecule has 0 N–H and O–H groups in total. The summed E-state index contributed by atoms with van der Waals surface area (Å²) in [7, 11) is -3.20. The maximum atomic E-state index is 13.2. The van der Waals surface area contributed by atoms with Gasteiger partial charge in [-0.1, -0.05) is 42.5 Å². The van der Waals surface area contributed by atoms with Crippen LogP contribution in [-0.4, -0.2) is 56.6 Å². The van der Waals surface area contributed by atoms with E-state index in [-0.39, 0.29) is 11.3 Å². The first-order valence-corrected chi connectivity index (χ1v) is 12.9. The highest BCUT2D eigenvalue weighted by molar-refractivity contribution is 7.90. The molecule has 5 nitrogen and oxygen atoms in total. The number of nitrogens with zero attached hydrogens (tertiary/aromatic N) is 2. The van der Waals surface area contributed by atoms with Crippen molar-refractivity contribution in [2.75, 3.05) is 32.4 Å². The minimum absolute atomic E-state index is 0.202. The molecule has 6 heteroatoms. The molecule has 2 fully saturated rings. The molecule has 31 heavy (non-hydrogen) atoms. The van der Waals surface area contributed by atoms with E-state index in [0.29, 0.717) is 11.4 Å². The molecule has 0 atom stereocenters. The Balaban J connectivity index is 1.27. The number of amides is 1. The van der Waals surface area contributed by atoms with Crippen LogP contribution in [0.25, 0.3) is 0 Å². The summed E-state index contributed by atoms with van der Waals surface area (Å²) in [6, 6.07) is 17.3. The van der Waals surface area contributed by atoms with Crippen molar-refractivity contribution in [1.29, 1.82) is 0 Å². The lowest BCUT2D eigenvalue weighted by molar-refractivity contribution is -0.138. The lowest BCUT2D eigenvalue weighted by Gasteiger charge is -2.38.